The van der Waals surface area contributed by atoms with Crippen LogP contribution >= 0.6 is 11.8 Å². The quantitative estimate of drug-likeness (QED) is 0.776. The van der Waals surface area contributed by atoms with Crippen LogP contribution in [0.2, 0.25) is 0 Å². The molecule has 1 fully saturated rings. The molecule has 7 nitrogen and oxygen atoms in total. The number of carboxylic acids is 1. The number of thioether (sulfide) groups is 1. The normalized spacial score (nSPS) is 15.6. The molecule has 0 bridgehead atoms. The maximum absolute atomic E-state index is 12.8. The highest BCUT2D eigenvalue weighted by Gasteiger charge is 2.26. The van der Waals surface area contributed by atoms with Crippen LogP contribution in [0.25, 0.3) is 0 Å². The predicted octanol–water partition coefficient (Wildman–Crippen LogP) is 1.74. The van der Waals surface area contributed by atoms with Crippen LogP contribution in [-0.2, 0) is 4.79 Å². The highest BCUT2D eigenvalue weighted by molar-refractivity contribution is 8.00. The Balaban J connectivity index is 2.04. The second-order valence-corrected chi connectivity index (χ2v) is 7.09. The van der Waals surface area contributed by atoms with Gasteiger partial charge in [0, 0.05) is 37.6 Å². The number of nitrogens with zero attached hydrogens (tertiary/aromatic N) is 2. The molecule has 1 unspecified atom stereocenters. The number of aliphatic carboxylic acids is 1. The fourth-order valence-electron chi connectivity index (χ4n) is 2.53. The standard InChI is InChI=1S/C17H23N3O4S/c1-3-18-17(24)20-10-8-19(9-11-20)15(21)13-6-4-5-7-14(13)25-12(2)16(22)23/h4-7,12H,3,8-11H2,1-2H3,(H,18,24)(H,22,23). The topological polar surface area (TPSA) is 90.0 Å². The molecule has 1 atom stereocenters. The van der Waals surface area contributed by atoms with Crippen LogP contribution in [-0.4, -0.2) is 70.8 Å². The van der Waals surface area contributed by atoms with E-state index in [2.05, 4.69) is 5.32 Å². The number of benzene rings is 1. The van der Waals surface area contributed by atoms with Gasteiger partial charge in [0.1, 0.15) is 5.25 Å². The zero-order chi connectivity index (χ0) is 18.4. The van der Waals surface area contributed by atoms with Crippen LogP contribution < -0.4 is 5.32 Å². The Labute approximate surface area is 151 Å². The largest absolute Gasteiger partial charge is 0.480 e. The average Bonchev–Trinajstić information content (AvgIpc) is 2.62. The number of carboxylic acid groups (broad SMARTS) is 1. The number of piperazine rings is 1. The van der Waals surface area contributed by atoms with Crippen molar-refractivity contribution in [3.8, 4) is 0 Å². The van der Waals surface area contributed by atoms with E-state index >= 15 is 0 Å². The van der Waals surface area contributed by atoms with E-state index in [4.69, 9.17) is 5.11 Å². The van der Waals surface area contributed by atoms with Crippen molar-refractivity contribution in [2.24, 2.45) is 0 Å². The van der Waals surface area contributed by atoms with Gasteiger partial charge in [-0.3, -0.25) is 9.59 Å². The number of rotatable bonds is 5. The van der Waals surface area contributed by atoms with E-state index in [-0.39, 0.29) is 11.9 Å². The van der Waals surface area contributed by atoms with Gasteiger partial charge in [-0.15, -0.1) is 11.8 Å². The molecule has 0 aromatic heterocycles. The molecule has 0 radical (unpaired) electrons. The fraction of sp³-hybridized carbons (Fsp3) is 0.471. The molecule has 2 rings (SSSR count). The summed E-state index contributed by atoms with van der Waals surface area (Å²) in [5, 5.41) is 11.2. The van der Waals surface area contributed by atoms with Crippen LogP contribution in [0, 0.1) is 0 Å². The van der Waals surface area contributed by atoms with Gasteiger partial charge in [0.25, 0.3) is 5.91 Å². The maximum Gasteiger partial charge on any atom is 0.317 e. The Kier molecular flexibility index (Phi) is 6.69. The van der Waals surface area contributed by atoms with Gasteiger partial charge in [-0.1, -0.05) is 12.1 Å². The van der Waals surface area contributed by atoms with Crippen molar-refractivity contribution in [3.05, 3.63) is 29.8 Å². The highest BCUT2D eigenvalue weighted by Crippen LogP contribution is 2.28. The van der Waals surface area contributed by atoms with Crippen molar-refractivity contribution >= 4 is 29.7 Å². The van der Waals surface area contributed by atoms with Crippen molar-refractivity contribution in [2.45, 2.75) is 24.0 Å². The molecule has 2 N–H and O–H groups in total. The molecule has 25 heavy (non-hydrogen) atoms. The van der Waals surface area contributed by atoms with E-state index in [9.17, 15) is 14.4 Å². The molecule has 0 aliphatic carbocycles. The zero-order valence-electron chi connectivity index (χ0n) is 14.4. The molecule has 1 aromatic carbocycles. The summed E-state index contributed by atoms with van der Waals surface area (Å²) in [6.45, 7) is 5.93. The number of urea groups is 1. The summed E-state index contributed by atoms with van der Waals surface area (Å²) in [6, 6.07) is 6.94. The van der Waals surface area contributed by atoms with E-state index in [1.54, 1.807) is 41.0 Å². The Hall–Kier alpha value is -2.22. The monoisotopic (exact) mass is 365 g/mol. The summed E-state index contributed by atoms with van der Waals surface area (Å²) in [7, 11) is 0. The molecule has 1 aliphatic rings. The third-order valence-electron chi connectivity index (χ3n) is 3.95. The van der Waals surface area contributed by atoms with Crippen LogP contribution in [0.5, 0.6) is 0 Å². The van der Waals surface area contributed by atoms with E-state index in [0.29, 0.717) is 43.2 Å². The minimum atomic E-state index is -0.914. The van der Waals surface area contributed by atoms with Crippen LogP contribution in [0.1, 0.15) is 24.2 Å². The van der Waals surface area contributed by atoms with Crippen molar-refractivity contribution < 1.29 is 19.5 Å². The van der Waals surface area contributed by atoms with Crippen LogP contribution in [0.4, 0.5) is 4.79 Å². The lowest BCUT2D eigenvalue weighted by Crippen LogP contribution is -2.53. The number of hydrogen-bond acceptors (Lipinski definition) is 4. The van der Waals surface area contributed by atoms with Crippen molar-refractivity contribution in [1.29, 1.82) is 0 Å². The number of amides is 3. The predicted molar refractivity (Wildman–Crippen MR) is 95.9 cm³/mol. The molecule has 1 aromatic rings. The summed E-state index contributed by atoms with van der Waals surface area (Å²) in [5.41, 5.74) is 0.507. The first kappa shape index (κ1) is 19.1. The fourth-order valence-corrected chi connectivity index (χ4v) is 3.45. The summed E-state index contributed by atoms with van der Waals surface area (Å²) >= 11 is 1.16. The van der Waals surface area contributed by atoms with Gasteiger partial charge in [-0.2, -0.15) is 0 Å². The SMILES string of the molecule is CCNC(=O)N1CCN(C(=O)c2ccccc2SC(C)C(=O)O)CC1. The van der Waals surface area contributed by atoms with Gasteiger partial charge in [0.15, 0.2) is 0 Å². The van der Waals surface area contributed by atoms with Gasteiger partial charge in [-0.05, 0) is 26.0 Å². The highest BCUT2D eigenvalue weighted by atomic mass is 32.2. The van der Waals surface area contributed by atoms with Gasteiger partial charge < -0.3 is 20.2 Å². The molecule has 0 spiro atoms. The summed E-state index contributed by atoms with van der Waals surface area (Å²) in [6.07, 6.45) is 0. The van der Waals surface area contributed by atoms with Gasteiger partial charge >= 0.3 is 12.0 Å². The minimum Gasteiger partial charge on any atom is -0.480 e. The lowest BCUT2D eigenvalue weighted by Gasteiger charge is -2.35. The van der Waals surface area contributed by atoms with Gasteiger partial charge in [0.05, 0.1) is 5.56 Å². The molecule has 136 valence electrons. The number of carbonyl (C=O) groups is 3. The van der Waals surface area contributed by atoms with E-state index in [0.717, 1.165) is 11.8 Å². The Morgan fingerprint density at radius 2 is 1.76 bits per heavy atom. The average molecular weight is 365 g/mol. The Morgan fingerprint density at radius 1 is 1.16 bits per heavy atom. The summed E-state index contributed by atoms with van der Waals surface area (Å²) in [5.74, 6) is -1.04. The first-order valence-corrected chi connectivity index (χ1v) is 9.12. The summed E-state index contributed by atoms with van der Waals surface area (Å²) in [4.78, 5) is 39.8. The lowest BCUT2D eigenvalue weighted by molar-refractivity contribution is -0.136. The van der Waals surface area contributed by atoms with Crippen molar-refractivity contribution in [1.82, 2.24) is 15.1 Å². The summed E-state index contributed by atoms with van der Waals surface area (Å²) < 4.78 is 0. The van der Waals surface area contributed by atoms with E-state index in [1.807, 2.05) is 6.92 Å². The van der Waals surface area contributed by atoms with Crippen LogP contribution in [0.15, 0.2) is 29.2 Å². The molecule has 3 amide bonds. The molecule has 1 saturated heterocycles. The molecule has 8 heteroatoms. The third kappa shape index (κ3) is 4.88. The molecular weight excluding hydrogens is 342 g/mol. The smallest absolute Gasteiger partial charge is 0.317 e. The first-order chi connectivity index (χ1) is 11.9. The molecule has 1 heterocycles. The number of carbonyl (C=O) groups excluding carboxylic acids is 2. The van der Waals surface area contributed by atoms with Crippen LogP contribution in [0.3, 0.4) is 0 Å². The zero-order valence-corrected chi connectivity index (χ0v) is 15.2. The molecule has 0 saturated carbocycles. The van der Waals surface area contributed by atoms with Gasteiger partial charge in [-0.25, -0.2) is 4.79 Å². The second kappa shape index (κ2) is 8.75. The molecular formula is C17H23N3O4S. The first-order valence-electron chi connectivity index (χ1n) is 8.24. The van der Waals surface area contributed by atoms with Crippen molar-refractivity contribution in [2.75, 3.05) is 32.7 Å². The maximum atomic E-state index is 12.8. The number of nitrogens with one attached hydrogen (secondary N) is 1. The Morgan fingerprint density at radius 3 is 2.36 bits per heavy atom. The third-order valence-corrected chi connectivity index (χ3v) is 5.12. The van der Waals surface area contributed by atoms with Gasteiger partial charge in [0.2, 0.25) is 0 Å². The van der Waals surface area contributed by atoms with Crippen molar-refractivity contribution in [3.63, 3.8) is 0 Å². The Bertz CT molecular complexity index is 645. The molecule has 1 aliphatic heterocycles. The van der Waals surface area contributed by atoms with E-state index < -0.39 is 11.2 Å². The minimum absolute atomic E-state index is 0.110. The second-order valence-electron chi connectivity index (χ2n) is 5.71. The number of hydrogen-bond donors (Lipinski definition) is 2. The van der Waals surface area contributed by atoms with E-state index in [1.165, 1.54) is 0 Å². The lowest BCUT2D eigenvalue weighted by atomic mass is 10.2.